The van der Waals surface area contributed by atoms with Crippen molar-refractivity contribution in [1.29, 1.82) is 0 Å². The average Bonchev–Trinajstić information content (AvgIpc) is 2.68. The Balaban J connectivity index is 1.55. The number of nitrogens with one attached hydrogen (secondary N) is 1. The lowest BCUT2D eigenvalue weighted by Gasteiger charge is -2.31. The molecule has 7 nitrogen and oxygen atoms in total. The van der Waals surface area contributed by atoms with Gasteiger partial charge in [-0.1, -0.05) is 18.2 Å². The number of anilines is 1. The third kappa shape index (κ3) is 4.05. The van der Waals surface area contributed by atoms with Crippen LogP contribution in [0.2, 0.25) is 0 Å². The first kappa shape index (κ1) is 17.6. The maximum atomic E-state index is 12.5. The van der Waals surface area contributed by atoms with Crippen LogP contribution < -0.4 is 11.1 Å². The molecule has 2 heterocycles. The highest BCUT2D eigenvalue weighted by molar-refractivity contribution is 5.96. The zero-order valence-corrected chi connectivity index (χ0v) is 14.2. The van der Waals surface area contributed by atoms with E-state index in [1.165, 1.54) is 18.3 Å². The monoisotopic (exact) mass is 352 g/mol. The number of nitrogens with two attached hydrogens (primary N) is 1. The van der Waals surface area contributed by atoms with Gasteiger partial charge in [-0.05, 0) is 37.1 Å². The van der Waals surface area contributed by atoms with Gasteiger partial charge < -0.3 is 16.0 Å². The fourth-order valence-corrected chi connectivity index (χ4v) is 2.94. The van der Waals surface area contributed by atoms with Crippen molar-refractivity contribution in [3.63, 3.8) is 0 Å². The molecule has 2 aromatic rings. The molecule has 0 spiro atoms. The van der Waals surface area contributed by atoms with Crippen LogP contribution in [0.4, 0.5) is 5.69 Å². The molecule has 0 saturated carbocycles. The summed E-state index contributed by atoms with van der Waals surface area (Å²) in [6.45, 7) is 0.982. The molecule has 7 heteroatoms. The predicted molar refractivity (Wildman–Crippen MR) is 96.5 cm³/mol. The molecule has 134 valence electrons. The number of hydrogen-bond donors (Lipinski definition) is 2. The molecule has 1 saturated heterocycles. The van der Waals surface area contributed by atoms with Gasteiger partial charge in [0.2, 0.25) is 11.8 Å². The number of aromatic nitrogens is 1. The Kier molecular flexibility index (Phi) is 5.26. The van der Waals surface area contributed by atoms with Gasteiger partial charge in [0.15, 0.2) is 0 Å². The summed E-state index contributed by atoms with van der Waals surface area (Å²) in [5, 5.41) is 2.91. The van der Waals surface area contributed by atoms with Gasteiger partial charge in [0.1, 0.15) is 5.69 Å². The molecular formula is C19H20N4O3. The van der Waals surface area contributed by atoms with Gasteiger partial charge in [-0.3, -0.25) is 19.4 Å². The zero-order valence-electron chi connectivity index (χ0n) is 14.2. The number of pyridine rings is 1. The molecule has 0 bridgehead atoms. The van der Waals surface area contributed by atoms with Crippen molar-refractivity contribution in [3.05, 3.63) is 59.9 Å². The number of primary amides is 1. The smallest absolute Gasteiger partial charge is 0.272 e. The summed E-state index contributed by atoms with van der Waals surface area (Å²) >= 11 is 0. The van der Waals surface area contributed by atoms with Crippen LogP contribution >= 0.6 is 0 Å². The Labute approximate surface area is 151 Å². The lowest BCUT2D eigenvalue weighted by molar-refractivity contribution is -0.121. The quantitative estimate of drug-likeness (QED) is 0.873. The van der Waals surface area contributed by atoms with Crippen LogP contribution in [0.15, 0.2) is 48.7 Å². The number of nitrogens with zero attached hydrogens (tertiary/aromatic N) is 2. The van der Waals surface area contributed by atoms with Crippen LogP contribution in [0.25, 0.3) is 0 Å². The number of rotatable bonds is 4. The molecule has 1 aliphatic heterocycles. The fraction of sp³-hybridized carbons (Fsp3) is 0.263. The van der Waals surface area contributed by atoms with E-state index in [1.807, 2.05) is 30.3 Å². The molecule has 1 fully saturated rings. The Bertz CT molecular complexity index is 797. The van der Waals surface area contributed by atoms with Gasteiger partial charge in [-0.25, -0.2) is 0 Å². The molecule has 1 aromatic heterocycles. The van der Waals surface area contributed by atoms with Crippen molar-refractivity contribution in [2.75, 3.05) is 18.4 Å². The van der Waals surface area contributed by atoms with E-state index in [-0.39, 0.29) is 29.0 Å². The second kappa shape index (κ2) is 7.77. The highest BCUT2D eigenvalue weighted by atomic mass is 16.2. The predicted octanol–water partition coefficient (Wildman–Crippen LogP) is 1.67. The highest BCUT2D eigenvalue weighted by Crippen LogP contribution is 2.20. The first-order chi connectivity index (χ1) is 12.5. The highest BCUT2D eigenvalue weighted by Gasteiger charge is 2.28. The lowest BCUT2D eigenvalue weighted by Crippen LogP contribution is -2.41. The summed E-state index contributed by atoms with van der Waals surface area (Å²) in [7, 11) is 0. The average molecular weight is 352 g/mol. The molecule has 1 aromatic carbocycles. The molecule has 3 amide bonds. The molecule has 0 unspecified atom stereocenters. The van der Waals surface area contributed by atoms with Crippen molar-refractivity contribution < 1.29 is 14.4 Å². The summed E-state index contributed by atoms with van der Waals surface area (Å²) in [4.78, 5) is 41.6. The van der Waals surface area contributed by atoms with Crippen LogP contribution in [0.3, 0.4) is 0 Å². The summed E-state index contributed by atoms with van der Waals surface area (Å²) in [6, 6.07) is 12.3. The van der Waals surface area contributed by atoms with Gasteiger partial charge >= 0.3 is 0 Å². The van der Waals surface area contributed by atoms with Crippen molar-refractivity contribution in [1.82, 2.24) is 9.88 Å². The molecule has 0 radical (unpaired) electrons. The van der Waals surface area contributed by atoms with E-state index in [2.05, 4.69) is 10.3 Å². The van der Waals surface area contributed by atoms with Gasteiger partial charge in [-0.15, -0.1) is 0 Å². The summed E-state index contributed by atoms with van der Waals surface area (Å²) in [6.07, 6.45) is 2.50. The molecule has 26 heavy (non-hydrogen) atoms. The number of likely N-dealkylation sites (tertiary alicyclic amines) is 1. The van der Waals surface area contributed by atoms with E-state index >= 15 is 0 Å². The topological polar surface area (TPSA) is 105 Å². The number of para-hydroxylation sites is 1. The van der Waals surface area contributed by atoms with Gasteiger partial charge in [0.05, 0.1) is 5.56 Å². The second-order valence-corrected chi connectivity index (χ2v) is 6.22. The van der Waals surface area contributed by atoms with Crippen molar-refractivity contribution >= 4 is 23.4 Å². The molecule has 0 aliphatic carbocycles. The SMILES string of the molecule is NC(=O)c1ccc(C(=O)N2CCC(C(=O)Nc3ccccc3)CC2)nc1. The van der Waals surface area contributed by atoms with Crippen LogP contribution in [0.1, 0.15) is 33.7 Å². The van der Waals surface area contributed by atoms with Gasteiger partial charge in [-0.2, -0.15) is 0 Å². The van der Waals surface area contributed by atoms with Crippen LogP contribution in [-0.4, -0.2) is 40.7 Å². The van der Waals surface area contributed by atoms with Crippen molar-refractivity contribution in [3.8, 4) is 0 Å². The maximum absolute atomic E-state index is 12.5. The zero-order chi connectivity index (χ0) is 18.5. The molecule has 3 N–H and O–H groups in total. The number of hydrogen-bond acceptors (Lipinski definition) is 4. The standard InChI is InChI=1S/C19H20N4O3/c20-17(24)14-6-7-16(21-12-14)19(26)23-10-8-13(9-11-23)18(25)22-15-4-2-1-3-5-15/h1-7,12-13H,8-11H2,(H2,20,24)(H,22,25). The fourth-order valence-electron chi connectivity index (χ4n) is 2.94. The van der Waals surface area contributed by atoms with E-state index in [4.69, 9.17) is 5.73 Å². The second-order valence-electron chi connectivity index (χ2n) is 6.22. The third-order valence-corrected chi connectivity index (χ3v) is 4.46. The minimum atomic E-state index is -0.582. The van der Waals surface area contributed by atoms with Crippen LogP contribution in [0, 0.1) is 5.92 Å². The number of amides is 3. The van der Waals surface area contributed by atoms with Crippen molar-refractivity contribution in [2.45, 2.75) is 12.8 Å². The van der Waals surface area contributed by atoms with E-state index in [1.54, 1.807) is 4.90 Å². The van der Waals surface area contributed by atoms with E-state index in [0.29, 0.717) is 25.9 Å². The molecule has 1 aliphatic rings. The van der Waals surface area contributed by atoms with E-state index < -0.39 is 5.91 Å². The number of piperidine rings is 1. The van der Waals surface area contributed by atoms with Crippen LogP contribution in [-0.2, 0) is 4.79 Å². The normalized spacial score (nSPS) is 14.7. The van der Waals surface area contributed by atoms with E-state index in [9.17, 15) is 14.4 Å². The number of carbonyl (C=O) groups excluding carboxylic acids is 3. The summed E-state index contributed by atoms with van der Waals surface area (Å²) in [5.41, 5.74) is 6.47. The minimum absolute atomic E-state index is 0.0211. The Hall–Kier alpha value is -3.22. The van der Waals surface area contributed by atoms with Gasteiger partial charge in [0.25, 0.3) is 5.91 Å². The molecular weight excluding hydrogens is 332 g/mol. The first-order valence-corrected chi connectivity index (χ1v) is 8.45. The van der Waals surface area contributed by atoms with Crippen molar-refractivity contribution in [2.24, 2.45) is 11.7 Å². The lowest BCUT2D eigenvalue weighted by atomic mass is 9.95. The van der Waals surface area contributed by atoms with E-state index in [0.717, 1.165) is 5.69 Å². The van der Waals surface area contributed by atoms with Gasteiger partial charge in [0, 0.05) is 30.9 Å². The Morgan fingerprint density at radius 2 is 1.73 bits per heavy atom. The largest absolute Gasteiger partial charge is 0.366 e. The summed E-state index contributed by atoms with van der Waals surface area (Å²) < 4.78 is 0. The third-order valence-electron chi connectivity index (χ3n) is 4.46. The van der Waals surface area contributed by atoms with Crippen LogP contribution in [0.5, 0.6) is 0 Å². The first-order valence-electron chi connectivity index (χ1n) is 8.45. The molecule has 3 rings (SSSR count). The number of benzene rings is 1. The Morgan fingerprint density at radius 3 is 2.31 bits per heavy atom. The number of carbonyl (C=O) groups is 3. The minimum Gasteiger partial charge on any atom is -0.366 e. The molecule has 0 atom stereocenters. The summed E-state index contributed by atoms with van der Waals surface area (Å²) in [5.74, 6) is -0.929. The maximum Gasteiger partial charge on any atom is 0.272 e. The Morgan fingerprint density at radius 1 is 1.04 bits per heavy atom.